The monoisotopic (exact) mass is 330 g/mol. The molecule has 0 bridgehead atoms. The first kappa shape index (κ1) is 15.0. The van der Waals surface area contributed by atoms with Crippen molar-refractivity contribution in [3.05, 3.63) is 0 Å². The van der Waals surface area contributed by atoms with Gasteiger partial charge in [0, 0.05) is 0 Å². The smallest absolute Gasteiger partial charge is 0.0875 e. The average Bonchev–Trinajstić information content (AvgIpc) is 3.26. The lowest BCUT2D eigenvalue weighted by Crippen LogP contribution is -2.55. The third-order valence-electron chi connectivity index (χ3n) is 10.3. The van der Waals surface area contributed by atoms with Crippen LogP contribution in [0.1, 0.15) is 77.6 Å². The zero-order valence-corrected chi connectivity index (χ0v) is 15.3. The van der Waals surface area contributed by atoms with Crippen molar-refractivity contribution in [2.45, 2.75) is 95.9 Å². The highest BCUT2D eigenvalue weighted by Crippen LogP contribution is 2.71. The molecule has 1 N–H and O–H groups in total. The van der Waals surface area contributed by atoms with Gasteiger partial charge in [-0.2, -0.15) is 0 Å². The Morgan fingerprint density at radius 1 is 0.833 bits per heavy atom. The highest BCUT2D eigenvalue weighted by molar-refractivity contribution is 5.16. The third-order valence-corrected chi connectivity index (χ3v) is 10.3. The molecule has 6 aliphatic rings. The van der Waals surface area contributed by atoms with Gasteiger partial charge in [-0.15, -0.1) is 0 Å². The summed E-state index contributed by atoms with van der Waals surface area (Å²) in [5.74, 6) is 4.68. The summed E-state index contributed by atoms with van der Waals surface area (Å²) in [5.41, 5.74) is 1.21. The zero-order chi connectivity index (χ0) is 16.1. The van der Waals surface area contributed by atoms with Crippen molar-refractivity contribution in [3.8, 4) is 0 Å². The largest absolute Gasteiger partial charge is 0.393 e. The number of hydrogen-bond acceptors (Lipinski definition) is 2. The normalized spacial score (nSPS) is 64.2. The maximum Gasteiger partial charge on any atom is 0.0875 e. The van der Waals surface area contributed by atoms with E-state index in [9.17, 15) is 5.11 Å². The standard InChI is InChI=1S/C22H34O2/c1-21-9-6-14(23)12-13(21)2-3-15-16(21)7-10-22-11-8-19-20(24-19)18(22)5-4-17(15)22/h13-20,23H,2-12H2,1H3/t13-,14+,15?,16?,17?,18+,19-,20+,21-,22+/m0/s1. The Labute approximate surface area is 146 Å². The van der Waals surface area contributed by atoms with Crippen LogP contribution in [0.2, 0.25) is 0 Å². The van der Waals surface area contributed by atoms with Crippen LogP contribution in [0.25, 0.3) is 0 Å². The number of hydrogen-bond donors (Lipinski definition) is 1. The van der Waals surface area contributed by atoms with Gasteiger partial charge in [-0.25, -0.2) is 0 Å². The number of fused-ring (bicyclic) bond motifs is 6. The first-order chi connectivity index (χ1) is 11.6. The quantitative estimate of drug-likeness (QED) is 0.661. The molecule has 0 aromatic rings. The molecule has 1 aliphatic heterocycles. The second-order valence-corrected chi connectivity index (χ2v) is 10.7. The Bertz CT molecular complexity index is 546. The van der Waals surface area contributed by atoms with Gasteiger partial charge >= 0.3 is 0 Å². The van der Waals surface area contributed by atoms with Gasteiger partial charge in [-0.1, -0.05) is 6.92 Å². The van der Waals surface area contributed by atoms with Crippen molar-refractivity contribution < 1.29 is 9.84 Å². The summed E-state index contributed by atoms with van der Waals surface area (Å²) in [5, 5.41) is 10.2. The SMILES string of the molecule is C[C@]12CC[C@@H](O)C[C@@H]1CCC1C3CC[C@@H]4[C@H]5O[C@H]5CC[C@]34CCC12. The molecule has 1 saturated heterocycles. The molecular weight excluding hydrogens is 296 g/mol. The molecule has 10 atom stereocenters. The van der Waals surface area contributed by atoms with Gasteiger partial charge in [-0.3, -0.25) is 0 Å². The molecule has 3 unspecified atom stereocenters. The lowest BCUT2D eigenvalue weighted by molar-refractivity contribution is -0.134. The number of epoxide rings is 1. The average molecular weight is 331 g/mol. The molecule has 0 amide bonds. The van der Waals surface area contributed by atoms with E-state index in [1.807, 2.05) is 0 Å². The van der Waals surface area contributed by atoms with Crippen LogP contribution < -0.4 is 0 Å². The second-order valence-electron chi connectivity index (χ2n) is 10.7. The summed E-state index contributed by atoms with van der Waals surface area (Å²) in [6.45, 7) is 2.62. The number of aliphatic hydroxyl groups is 1. The predicted molar refractivity (Wildman–Crippen MR) is 93.4 cm³/mol. The minimum atomic E-state index is -0.00675. The predicted octanol–water partition coefficient (Wildman–Crippen LogP) is 4.55. The van der Waals surface area contributed by atoms with E-state index in [0.29, 0.717) is 23.0 Å². The number of aliphatic hydroxyl groups excluding tert-OH is 1. The molecule has 1 spiro atoms. The minimum absolute atomic E-state index is 0.00675. The molecule has 5 saturated carbocycles. The van der Waals surface area contributed by atoms with E-state index in [1.165, 1.54) is 57.8 Å². The summed E-state index contributed by atoms with van der Waals surface area (Å²) < 4.78 is 6.06. The first-order valence-corrected chi connectivity index (χ1v) is 11.0. The lowest BCUT2D eigenvalue weighted by atomic mass is 9.43. The summed E-state index contributed by atoms with van der Waals surface area (Å²) in [6.07, 6.45) is 16.4. The highest BCUT2D eigenvalue weighted by Gasteiger charge is 2.67. The van der Waals surface area contributed by atoms with Crippen molar-refractivity contribution in [3.63, 3.8) is 0 Å². The molecule has 2 heteroatoms. The highest BCUT2D eigenvalue weighted by atomic mass is 16.6. The molecule has 1 heterocycles. The molecule has 0 aromatic heterocycles. The van der Waals surface area contributed by atoms with E-state index < -0.39 is 0 Å². The number of rotatable bonds is 0. The second kappa shape index (κ2) is 4.80. The topological polar surface area (TPSA) is 32.8 Å². The minimum Gasteiger partial charge on any atom is -0.393 e. The summed E-state index contributed by atoms with van der Waals surface area (Å²) in [6, 6.07) is 0. The molecule has 0 radical (unpaired) electrons. The Balaban J connectivity index is 1.32. The van der Waals surface area contributed by atoms with Crippen molar-refractivity contribution in [2.75, 3.05) is 0 Å². The van der Waals surface area contributed by atoms with E-state index in [-0.39, 0.29) is 6.10 Å². The van der Waals surface area contributed by atoms with Crippen LogP contribution in [0.4, 0.5) is 0 Å². The van der Waals surface area contributed by atoms with Crippen LogP contribution in [-0.2, 0) is 4.74 Å². The van der Waals surface area contributed by atoms with E-state index in [4.69, 9.17) is 4.74 Å². The Morgan fingerprint density at radius 2 is 1.67 bits per heavy atom. The fourth-order valence-corrected chi connectivity index (χ4v) is 9.23. The van der Waals surface area contributed by atoms with Crippen molar-refractivity contribution >= 4 is 0 Å². The Morgan fingerprint density at radius 3 is 2.58 bits per heavy atom. The van der Waals surface area contributed by atoms with Crippen LogP contribution >= 0.6 is 0 Å². The fraction of sp³-hybridized carbons (Fsp3) is 1.00. The lowest BCUT2D eigenvalue weighted by Gasteiger charge is -2.62. The van der Waals surface area contributed by atoms with Gasteiger partial charge in [0.1, 0.15) is 0 Å². The van der Waals surface area contributed by atoms with E-state index in [2.05, 4.69) is 6.92 Å². The molecule has 5 aliphatic carbocycles. The van der Waals surface area contributed by atoms with Gasteiger partial charge in [0.05, 0.1) is 18.3 Å². The van der Waals surface area contributed by atoms with Crippen LogP contribution in [0.15, 0.2) is 0 Å². The Hall–Kier alpha value is -0.0800. The summed E-state index contributed by atoms with van der Waals surface area (Å²) >= 11 is 0. The summed E-state index contributed by atoms with van der Waals surface area (Å²) in [4.78, 5) is 0. The Kier molecular flexibility index (Phi) is 3.00. The maximum absolute atomic E-state index is 10.2. The van der Waals surface area contributed by atoms with Crippen molar-refractivity contribution in [1.29, 1.82) is 0 Å². The molecule has 6 fully saturated rings. The van der Waals surface area contributed by atoms with Gasteiger partial charge in [0.25, 0.3) is 0 Å². The number of ether oxygens (including phenoxy) is 1. The van der Waals surface area contributed by atoms with Crippen LogP contribution in [-0.4, -0.2) is 23.4 Å². The third kappa shape index (κ3) is 1.76. The first-order valence-electron chi connectivity index (χ1n) is 11.0. The fourth-order valence-electron chi connectivity index (χ4n) is 9.23. The van der Waals surface area contributed by atoms with Gasteiger partial charge in [-0.05, 0) is 111 Å². The van der Waals surface area contributed by atoms with Gasteiger partial charge < -0.3 is 9.84 Å². The van der Waals surface area contributed by atoms with Crippen molar-refractivity contribution in [1.82, 2.24) is 0 Å². The van der Waals surface area contributed by atoms with E-state index in [0.717, 1.165) is 42.4 Å². The van der Waals surface area contributed by atoms with Crippen LogP contribution in [0.5, 0.6) is 0 Å². The van der Waals surface area contributed by atoms with E-state index in [1.54, 1.807) is 0 Å². The molecule has 2 nitrogen and oxygen atoms in total. The van der Waals surface area contributed by atoms with Gasteiger partial charge in [0.15, 0.2) is 0 Å². The molecular formula is C22H34O2. The summed E-state index contributed by atoms with van der Waals surface area (Å²) in [7, 11) is 0. The van der Waals surface area contributed by atoms with Gasteiger partial charge in [0.2, 0.25) is 0 Å². The molecule has 0 aromatic carbocycles. The molecule has 134 valence electrons. The van der Waals surface area contributed by atoms with E-state index >= 15 is 0 Å². The van der Waals surface area contributed by atoms with Crippen LogP contribution in [0, 0.1) is 40.4 Å². The molecule has 24 heavy (non-hydrogen) atoms. The van der Waals surface area contributed by atoms with Crippen molar-refractivity contribution in [2.24, 2.45) is 40.4 Å². The maximum atomic E-state index is 10.2. The zero-order valence-electron chi connectivity index (χ0n) is 15.3. The van der Waals surface area contributed by atoms with Crippen LogP contribution in [0.3, 0.4) is 0 Å². The molecule has 6 rings (SSSR count).